The highest BCUT2D eigenvalue weighted by atomic mass is 16.4. The van der Waals surface area contributed by atoms with Gasteiger partial charge in [-0.25, -0.2) is 0 Å². The quantitative estimate of drug-likeness (QED) is 0.0529. The van der Waals surface area contributed by atoms with Crippen LogP contribution >= 0.6 is 0 Å². The fourth-order valence-electron chi connectivity index (χ4n) is 5.20. The molecule has 6 atom stereocenters. The fraction of sp³-hybridized carbons (Fsp3) is 0.500. The number of nitrogens with two attached hydrogens (primary N) is 2. The summed E-state index contributed by atoms with van der Waals surface area (Å²) in [6, 6.07) is 9.65. The van der Waals surface area contributed by atoms with E-state index in [-0.39, 0.29) is 6.42 Å². The fourth-order valence-corrected chi connectivity index (χ4v) is 5.20. The van der Waals surface area contributed by atoms with E-state index in [4.69, 9.17) is 11.5 Å². The molecule has 0 heterocycles. The average Bonchev–Trinajstić information content (AvgIpc) is 3.11. The van der Waals surface area contributed by atoms with Gasteiger partial charge in [0.25, 0.3) is 5.91 Å². The Morgan fingerprint density at radius 1 is 0.717 bits per heavy atom. The minimum absolute atomic E-state index is 0.180. The summed E-state index contributed by atoms with van der Waals surface area (Å²) in [4.78, 5) is 77.0. The van der Waals surface area contributed by atoms with Crippen LogP contribution in [0.15, 0.2) is 48.5 Å². The lowest BCUT2D eigenvalue weighted by atomic mass is 9.81. The van der Waals surface area contributed by atoms with Crippen LogP contribution < -0.4 is 38.1 Å². The first-order valence-electron chi connectivity index (χ1n) is 17.8. The van der Waals surface area contributed by atoms with E-state index in [2.05, 4.69) is 45.6 Å². The molecule has 2 aromatic rings. The number of unbranched alkanes of at least 4 members (excludes halogenated alkanes) is 2. The van der Waals surface area contributed by atoms with Gasteiger partial charge in [-0.1, -0.05) is 49.7 Å². The van der Waals surface area contributed by atoms with Gasteiger partial charge in [-0.3, -0.25) is 28.8 Å². The smallest absolute Gasteiger partial charge is 0.426 e. The summed E-state index contributed by atoms with van der Waals surface area (Å²) in [5.74, 6) is -6.18. The molecule has 0 saturated carbocycles. The molecule has 6 amide bonds. The van der Waals surface area contributed by atoms with Gasteiger partial charge in [-0.05, 0) is 88.2 Å². The molecule has 16 nitrogen and oxygen atoms in total. The van der Waals surface area contributed by atoms with Crippen LogP contribution in [0, 0.1) is 0 Å². The number of carbonyl (C=O) groups is 6. The summed E-state index contributed by atoms with van der Waals surface area (Å²) in [6.07, 6.45) is 2.38. The van der Waals surface area contributed by atoms with E-state index in [1.54, 1.807) is 12.1 Å². The van der Waals surface area contributed by atoms with E-state index in [1.807, 2.05) is 24.3 Å². The van der Waals surface area contributed by atoms with Crippen molar-refractivity contribution in [2.45, 2.75) is 109 Å². The third-order valence-corrected chi connectivity index (χ3v) is 8.49. The maximum absolute atomic E-state index is 13.5. The lowest BCUT2D eigenvalue weighted by Crippen LogP contribution is -2.60. The van der Waals surface area contributed by atoms with Crippen LogP contribution in [-0.2, 0) is 30.4 Å². The second-order valence-electron chi connectivity index (χ2n) is 13.1. The molecule has 0 aromatic heterocycles. The van der Waals surface area contributed by atoms with Gasteiger partial charge in [0, 0.05) is 5.56 Å². The number of rotatable bonds is 22. The molecule has 290 valence electrons. The van der Waals surface area contributed by atoms with Gasteiger partial charge in [0.15, 0.2) is 0 Å². The Balaban J connectivity index is 2.12. The van der Waals surface area contributed by atoms with Crippen molar-refractivity contribution in [3.8, 4) is 11.1 Å². The Labute approximate surface area is 310 Å². The summed E-state index contributed by atoms with van der Waals surface area (Å²) in [7, 11) is -1.92. The van der Waals surface area contributed by atoms with E-state index in [0.29, 0.717) is 24.9 Å². The van der Waals surface area contributed by atoms with Crippen molar-refractivity contribution in [1.82, 2.24) is 26.6 Å². The molecule has 0 saturated heterocycles. The first-order chi connectivity index (χ1) is 25.1. The molecular weight excluding hydrogens is 685 g/mol. The van der Waals surface area contributed by atoms with Crippen LogP contribution in [0.4, 0.5) is 0 Å². The predicted molar refractivity (Wildman–Crippen MR) is 199 cm³/mol. The molecule has 0 fully saturated rings. The standard InChI is InChI=1S/C36H54BN7O9/c1-5-6-9-24-11-13-25(14-12-24)26-15-17-27(18-16-26)33(48)42-28(10-7-8-19-38)34(49)44-31(22(3)45)36(51)40-21(2)32(47)43-29(20-30(39)46)35(50)41-23(4)37(52)53/h11-18,21-23,28-29,31,45,52-53H,5-10,19-20,38H2,1-4H3,(H2,39,46)(H,40,51)(H,41,50)(H,42,48)(H,43,47)(H,44,49)/t21-,22?,23-,28-,29-,31-/m0/s1. The Hall–Kier alpha value is -4.84. The molecule has 53 heavy (non-hydrogen) atoms. The molecule has 0 spiro atoms. The highest BCUT2D eigenvalue weighted by Crippen LogP contribution is 2.21. The number of benzene rings is 2. The van der Waals surface area contributed by atoms with Gasteiger partial charge < -0.3 is 53.2 Å². The zero-order valence-electron chi connectivity index (χ0n) is 30.8. The Morgan fingerprint density at radius 3 is 1.83 bits per heavy atom. The molecule has 0 aliphatic heterocycles. The van der Waals surface area contributed by atoms with Crippen LogP contribution in [0.3, 0.4) is 0 Å². The number of aliphatic hydroxyl groups excluding tert-OH is 1. The van der Waals surface area contributed by atoms with Crippen molar-refractivity contribution in [3.05, 3.63) is 59.7 Å². The topological polar surface area (TPSA) is 275 Å². The average molecular weight is 740 g/mol. The predicted octanol–water partition coefficient (Wildman–Crippen LogP) is -0.829. The molecule has 0 radical (unpaired) electrons. The van der Waals surface area contributed by atoms with Crippen LogP contribution in [0.25, 0.3) is 11.1 Å². The number of hydrogen-bond acceptors (Lipinski definition) is 10. The maximum Gasteiger partial charge on any atom is 0.475 e. The summed E-state index contributed by atoms with van der Waals surface area (Å²) in [5.41, 5.74) is 14.3. The third-order valence-electron chi connectivity index (χ3n) is 8.49. The monoisotopic (exact) mass is 739 g/mol. The lowest BCUT2D eigenvalue weighted by Gasteiger charge is -2.26. The number of primary amides is 1. The van der Waals surface area contributed by atoms with Gasteiger partial charge in [0.1, 0.15) is 24.2 Å². The van der Waals surface area contributed by atoms with Crippen molar-refractivity contribution < 1.29 is 43.9 Å². The molecule has 2 rings (SSSR count). The molecule has 0 aliphatic rings. The number of carbonyl (C=O) groups excluding carboxylic acids is 6. The van der Waals surface area contributed by atoms with E-state index in [1.165, 1.54) is 26.3 Å². The van der Waals surface area contributed by atoms with Gasteiger partial charge in [0.05, 0.1) is 18.5 Å². The second-order valence-corrected chi connectivity index (χ2v) is 13.1. The van der Waals surface area contributed by atoms with Gasteiger partial charge in [0.2, 0.25) is 29.5 Å². The van der Waals surface area contributed by atoms with Gasteiger partial charge >= 0.3 is 7.12 Å². The summed E-state index contributed by atoms with van der Waals surface area (Å²) in [5, 5.41) is 41.0. The van der Waals surface area contributed by atoms with Gasteiger partial charge in [-0.2, -0.15) is 0 Å². The Bertz CT molecular complexity index is 1520. The zero-order chi connectivity index (χ0) is 39.7. The Morgan fingerprint density at radius 2 is 1.30 bits per heavy atom. The minimum atomic E-state index is -1.92. The molecule has 12 N–H and O–H groups in total. The molecule has 1 unspecified atom stereocenters. The van der Waals surface area contributed by atoms with Crippen molar-refractivity contribution in [3.63, 3.8) is 0 Å². The first-order valence-corrected chi connectivity index (χ1v) is 17.8. The Kier molecular flexibility index (Phi) is 18.6. The maximum atomic E-state index is 13.5. The highest BCUT2D eigenvalue weighted by molar-refractivity contribution is 6.43. The van der Waals surface area contributed by atoms with E-state index < -0.39 is 85.2 Å². The van der Waals surface area contributed by atoms with Crippen molar-refractivity contribution in [1.29, 1.82) is 0 Å². The summed E-state index contributed by atoms with van der Waals surface area (Å²) < 4.78 is 0. The summed E-state index contributed by atoms with van der Waals surface area (Å²) in [6.45, 7) is 6.29. The summed E-state index contributed by atoms with van der Waals surface area (Å²) >= 11 is 0. The number of nitrogens with one attached hydrogen (secondary N) is 5. The van der Waals surface area contributed by atoms with Crippen LogP contribution in [-0.4, -0.2) is 100 Å². The van der Waals surface area contributed by atoms with E-state index >= 15 is 0 Å². The molecule has 2 aromatic carbocycles. The number of hydrogen-bond donors (Lipinski definition) is 10. The number of aryl methyl sites for hydroxylation is 1. The normalized spacial score (nSPS) is 14.3. The number of aliphatic hydroxyl groups is 1. The van der Waals surface area contributed by atoms with Crippen LogP contribution in [0.1, 0.15) is 82.1 Å². The minimum Gasteiger partial charge on any atom is -0.426 e. The van der Waals surface area contributed by atoms with E-state index in [0.717, 1.165) is 30.4 Å². The molecular formula is C36H54BN7O9. The molecule has 0 bridgehead atoms. The molecule has 17 heteroatoms. The second kappa shape index (κ2) is 22.3. The first kappa shape index (κ1) is 44.3. The SMILES string of the molecule is CCCCc1ccc(-c2ccc(C(=O)N[C@@H](CCCCN)C(=O)N[C@H](C(=O)N[C@@H](C)C(=O)N[C@@H](CC(N)=O)C(=O)N[C@@H](C)B(O)O)C(C)O)cc2)cc1. The van der Waals surface area contributed by atoms with Crippen LogP contribution in [0.2, 0.25) is 0 Å². The highest BCUT2D eigenvalue weighted by Gasteiger charge is 2.33. The van der Waals surface area contributed by atoms with Crippen molar-refractivity contribution >= 4 is 42.6 Å². The van der Waals surface area contributed by atoms with Crippen LogP contribution in [0.5, 0.6) is 0 Å². The van der Waals surface area contributed by atoms with Crippen molar-refractivity contribution in [2.24, 2.45) is 11.5 Å². The van der Waals surface area contributed by atoms with Gasteiger partial charge in [-0.15, -0.1) is 0 Å². The third kappa shape index (κ3) is 15.0. The molecule has 0 aliphatic carbocycles. The van der Waals surface area contributed by atoms with Crippen molar-refractivity contribution in [2.75, 3.05) is 6.54 Å². The largest absolute Gasteiger partial charge is 0.475 e. The zero-order valence-corrected chi connectivity index (χ0v) is 30.8. The van der Waals surface area contributed by atoms with E-state index in [9.17, 15) is 43.9 Å². The lowest BCUT2D eigenvalue weighted by molar-refractivity contribution is -0.135. The number of amides is 6.